The molecule has 6 nitrogen and oxygen atoms in total. The van der Waals surface area contributed by atoms with Crippen molar-refractivity contribution in [2.24, 2.45) is 0 Å². The SMILES string of the molecule is CC(C)OC(COC1CCOCC1)CN(C)S(C)(=O)=O. The van der Waals surface area contributed by atoms with Crippen LogP contribution in [0.15, 0.2) is 0 Å². The number of sulfonamides is 1. The van der Waals surface area contributed by atoms with Crippen molar-refractivity contribution in [2.75, 3.05) is 39.7 Å². The summed E-state index contributed by atoms with van der Waals surface area (Å²) in [5, 5.41) is 0. The highest BCUT2D eigenvalue weighted by Gasteiger charge is 2.22. The van der Waals surface area contributed by atoms with Crippen LogP contribution in [0.25, 0.3) is 0 Å². The van der Waals surface area contributed by atoms with Crippen molar-refractivity contribution in [2.45, 2.75) is 45.0 Å². The molecule has 0 saturated carbocycles. The highest BCUT2D eigenvalue weighted by Crippen LogP contribution is 2.12. The summed E-state index contributed by atoms with van der Waals surface area (Å²) < 4.78 is 41.1. The van der Waals surface area contributed by atoms with E-state index in [-0.39, 0.29) is 18.3 Å². The lowest BCUT2D eigenvalue weighted by atomic mass is 10.1. The molecule has 20 heavy (non-hydrogen) atoms. The highest BCUT2D eigenvalue weighted by molar-refractivity contribution is 7.88. The lowest BCUT2D eigenvalue weighted by molar-refractivity contribution is -0.0909. The minimum absolute atomic E-state index is 0.0336. The molecule has 1 saturated heterocycles. The Hall–Kier alpha value is -0.210. The molecular weight excluding hydrogens is 282 g/mol. The fraction of sp³-hybridized carbons (Fsp3) is 1.00. The van der Waals surface area contributed by atoms with Gasteiger partial charge in [0.25, 0.3) is 0 Å². The third-order valence-electron chi connectivity index (χ3n) is 3.18. The van der Waals surface area contributed by atoms with E-state index < -0.39 is 10.0 Å². The number of hydrogen-bond acceptors (Lipinski definition) is 5. The van der Waals surface area contributed by atoms with Gasteiger partial charge in [-0.2, -0.15) is 0 Å². The zero-order valence-electron chi connectivity index (χ0n) is 12.9. The van der Waals surface area contributed by atoms with Crippen LogP contribution in [0.3, 0.4) is 0 Å². The van der Waals surface area contributed by atoms with E-state index in [1.807, 2.05) is 13.8 Å². The first kappa shape index (κ1) is 17.8. The molecule has 1 aliphatic rings. The maximum atomic E-state index is 11.5. The lowest BCUT2D eigenvalue weighted by Crippen LogP contribution is -2.39. The molecule has 0 radical (unpaired) electrons. The molecule has 0 bridgehead atoms. The van der Waals surface area contributed by atoms with Gasteiger partial charge in [0.05, 0.1) is 31.2 Å². The van der Waals surface area contributed by atoms with Crippen LogP contribution in [-0.2, 0) is 24.2 Å². The van der Waals surface area contributed by atoms with Crippen LogP contribution in [0.1, 0.15) is 26.7 Å². The van der Waals surface area contributed by atoms with E-state index in [9.17, 15) is 8.42 Å². The number of rotatable bonds is 8. The van der Waals surface area contributed by atoms with E-state index in [1.165, 1.54) is 10.6 Å². The van der Waals surface area contributed by atoms with Crippen molar-refractivity contribution in [3.8, 4) is 0 Å². The molecule has 7 heteroatoms. The summed E-state index contributed by atoms with van der Waals surface area (Å²) >= 11 is 0. The zero-order chi connectivity index (χ0) is 15.2. The summed E-state index contributed by atoms with van der Waals surface area (Å²) in [7, 11) is -1.64. The molecule has 0 spiro atoms. The van der Waals surface area contributed by atoms with Gasteiger partial charge in [-0.3, -0.25) is 0 Å². The minimum atomic E-state index is -3.20. The quantitative estimate of drug-likeness (QED) is 0.665. The molecule has 1 unspecified atom stereocenters. The summed E-state index contributed by atoms with van der Waals surface area (Å²) in [6.07, 6.45) is 2.93. The maximum Gasteiger partial charge on any atom is 0.211 e. The topological polar surface area (TPSA) is 65.1 Å². The van der Waals surface area contributed by atoms with E-state index in [0.717, 1.165) is 26.1 Å². The summed E-state index contributed by atoms with van der Waals surface area (Å²) in [6.45, 7) is 6.03. The van der Waals surface area contributed by atoms with Crippen molar-refractivity contribution in [1.82, 2.24) is 4.31 Å². The molecule has 0 aromatic carbocycles. The minimum Gasteiger partial charge on any atom is -0.381 e. The van der Waals surface area contributed by atoms with Crippen molar-refractivity contribution in [3.05, 3.63) is 0 Å². The second-order valence-corrected chi connectivity index (χ2v) is 7.58. The van der Waals surface area contributed by atoms with Crippen molar-refractivity contribution in [3.63, 3.8) is 0 Å². The van der Waals surface area contributed by atoms with Gasteiger partial charge in [0.2, 0.25) is 10.0 Å². The van der Waals surface area contributed by atoms with Crippen LogP contribution in [-0.4, -0.2) is 70.7 Å². The summed E-state index contributed by atoms with van der Waals surface area (Å²) in [5.41, 5.74) is 0. The predicted molar refractivity (Wildman–Crippen MR) is 77.3 cm³/mol. The summed E-state index contributed by atoms with van der Waals surface area (Å²) in [5.74, 6) is 0. The van der Waals surface area contributed by atoms with Crippen molar-refractivity contribution < 1.29 is 22.6 Å². The third-order valence-corrected chi connectivity index (χ3v) is 4.46. The molecule has 1 aliphatic heterocycles. The Morgan fingerprint density at radius 1 is 1.30 bits per heavy atom. The monoisotopic (exact) mass is 309 g/mol. The predicted octanol–water partition coefficient (Wildman–Crippen LogP) is 0.867. The van der Waals surface area contributed by atoms with Crippen LogP contribution < -0.4 is 0 Å². The Kier molecular flexibility index (Phi) is 7.39. The Bertz CT molecular complexity index is 365. The van der Waals surface area contributed by atoms with Gasteiger partial charge in [-0.1, -0.05) is 0 Å². The van der Waals surface area contributed by atoms with E-state index in [2.05, 4.69) is 0 Å². The van der Waals surface area contributed by atoms with Crippen LogP contribution >= 0.6 is 0 Å². The van der Waals surface area contributed by atoms with Crippen LogP contribution in [0.2, 0.25) is 0 Å². The first-order valence-corrected chi connectivity index (χ1v) is 8.90. The Balaban J connectivity index is 2.46. The smallest absolute Gasteiger partial charge is 0.211 e. The fourth-order valence-electron chi connectivity index (χ4n) is 2.03. The largest absolute Gasteiger partial charge is 0.381 e. The van der Waals surface area contributed by atoms with Crippen LogP contribution in [0.4, 0.5) is 0 Å². The normalized spacial score (nSPS) is 19.7. The fourth-order valence-corrected chi connectivity index (χ4v) is 2.47. The molecule has 120 valence electrons. The van der Waals surface area contributed by atoms with Crippen molar-refractivity contribution in [1.29, 1.82) is 0 Å². The molecule has 1 heterocycles. The van der Waals surface area contributed by atoms with Gasteiger partial charge in [0.15, 0.2) is 0 Å². The molecule has 0 aromatic rings. The lowest BCUT2D eigenvalue weighted by Gasteiger charge is -2.28. The van der Waals surface area contributed by atoms with Gasteiger partial charge in [0.1, 0.15) is 0 Å². The molecule has 1 rings (SSSR count). The summed E-state index contributed by atoms with van der Waals surface area (Å²) in [6, 6.07) is 0. The van der Waals surface area contributed by atoms with E-state index in [0.29, 0.717) is 13.2 Å². The first-order valence-electron chi connectivity index (χ1n) is 7.05. The Morgan fingerprint density at radius 2 is 1.90 bits per heavy atom. The van der Waals surface area contributed by atoms with Gasteiger partial charge in [0, 0.05) is 26.8 Å². The molecular formula is C13H27NO5S. The summed E-state index contributed by atoms with van der Waals surface area (Å²) in [4.78, 5) is 0. The second-order valence-electron chi connectivity index (χ2n) is 5.50. The Labute approximate surface area is 122 Å². The van der Waals surface area contributed by atoms with Gasteiger partial charge in [-0.15, -0.1) is 0 Å². The number of hydrogen-bond donors (Lipinski definition) is 0. The van der Waals surface area contributed by atoms with E-state index >= 15 is 0 Å². The number of likely N-dealkylation sites (N-methyl/N-ethyl adjacent to an activating group) is 1. The zero-order valence-corrected chi connectivity index (χ0v) is 13.7. The number of nitrogens with zero attached hydrogens (tertiary/aromatic N) is 1. The van der Waals surface area contributed by atoms with Crippen LogP contribution in [0.5, 0.6) is 0 Å². The molecule has 0 aliphatic carbocycles. The van der Waals surface area contributed by atoms with E-state index in [1.54, 1.807) is 7.05 Å². The van der Waals surface area contributed by atoms with Gasteiger partial charge >= 0.3 is 0 Å². The maximum absolute atomic E-state index is 11.5. The van der Waals surface area contributed by atoms with Gasteiger partial charge in [-0.05, 0) is 26.7 Å². The molecule has 1 atom stereocenters. The Morgan fingerprint density at radius 3 is 2.40 bits per heavy atom. The molecule has 0 aromatic heterocycles. The third kappa shape index (κ3) is 6.99. The number of ether oxygens (including phenoxy) is 3. The standard InChI is InChI=1S/C13H27NO5S/c1-11(2)19-13(9-14(3)20(4,15)16)10-18-12-5-7-17-8-6-12/h11-13H,5-10H2,1-4H3. The van der Waals surface area contributed by atoms with E-state index in [4.69, 9.17) is 14.2 Å². The average Bonchev–Trinajstić information content (AvgIpc) is 2.35. The highest BCUT2D eigenvalue weighted by atomic mass is 32.2. The van der Waals surface area contributed by atoms with Crippen molar-refractivity contribution >= 4 is 10.0 Å². The average molecular weight is 309 g/mol. The molecule has 1 fully saturated rings. The molecule has 0 N–H and O–H groups in total. The van der Waals surface area contributed by atoms with Gasteiger partial charge < -0.3 is 14.2 Å². The van der Waals surface area contributed by atoms with Gasteiger partial charge in [-0.25, -0.2) is 12.7 Å². The first-order chi connectivity index (χ1) is 9.29. The second kappa shape index (κ2) is 8.29. The molecule has 0 amide bonds. The van der Waals surface area contributed by atoms with Crippen LogP contribution in [0, 0.1) is 0 Å².